The van der Waals surface area contributed by atoms with Gasteiger partial charge in [0, 0.05) is 6.42 Å². The predicted molar refractivity (Wildman–Crippen MR) is 72.3 cm³/mol. The minimum Gasteiger partial charge on any atom is -0.457 e. The predicted octanol–water partition coefficient (Wildman–Crippen LogP) is 3.42. The van der Waals surface area contributed by atoms with Crippen molar-refractivity contribution in [2.75, 3.05) is 13.2 Å². The fourth-order valence-corrected chi connectivity index (χ4v) is 3.04. The van der Waals surface area contributed by atoms with Gasteiger partial charge in [0.15, 0.2) is 0 Å². The highest BCUT2D eigenvalue weighted by Gasteiger charge is 2.44. The third-order valence-corrected chi connectivity index (χ3v) is 3.50. The smallest absolute Gasteiger partial charge is 0.310 e. The van der Waals surface area contributed by atoms with Crippen molar-refractivity contribution in [3.63, 3.8) is 0 Å². The van der Waals surface area contributed by atoms with Crippen molar-refractivity contribution in [1.82, 2.24) is 0 Å². The summed E-state index contributed by atoms with van der Waals surface area (Å²) in [6, 6.07) is 0. The van der Waals surface area contributed by atoms with Gasteiger partial charge in [-0.3, -0.25) is 4.79 Å². The summed E-state index contributed by atoms with van der Waals surface area (Å²) in [6.45, 7) is 15.7. The van der Waals surface area contributed by atoms with Crippen LogP contribution in [0.3, 0.4) is 0 Å². The van der Waals surface area contributed by atoms with Crippen LogP contribution in [0.2, 0.25) is 0 Å². The van der Waals surface area contributed by atoms with Crippen LogP contribution in [0.5, 0.6) is 0 Å². The van der Waals surface area contributed by atoms with E-state index in [0.29, 0.717) is 13.2 Å². The maximum atomic E-state index is 12.5. The first-order valence-electron chi connectivity index (χ1n) is 6.76. The van der Waals surface area contributed by atoms with E-state index in [4.69, 9.17) is 9.47 Å². The van der Waals surface area contributed by atoms with E-state index in [1.165, 1.54) is 0 Å². The SMILES string of the molecule is CC1(OC(=O)C(C(C)(C)C)C(C)(C)C)CCOC1. The summed E-state index contributed by atoms with van der Waals surface area (Å²) < 4.78 is 11.1. The van der Waals surface area contributed by atoms with Gasteiger partial charge in [0.25, 0.3) is 0 Å². The molecule has 0 aromatic rings. The molecule has 1 aliphatic heterocycles. The van der Waals surface area contributed by atoms with E-state index >= 15 is 0 Å². The van der Waals surface area contributed by atoms with Gasteiger partial charge in [0.1, 0.15) is 5.60 Å². The number of carbonyl (C=O) groups is 1. The zero-order chi connectivity index (χ0) is 14.2. The van der Waals surface area contributed by atoms with E-state index < -0.39 is 5.60 Å². The first kappa shape index (κ1) is 15.5. The average Bonchev–Trinajstić information content (AvgIpc) is 2.44. The van der Waals surface area contributed by atoms with Gasteiger partial charge in [-0.25, -0.2) is 0 Å². The Bertz CT molecular complexity index is 287. The van der Waals surface area contributed by atoms with Crippen molar-refractivity contribution < 1.29 is 14.3 Å². The number of hydrogen-bond acceptors (Lipinski definition) is 3. The van der Waals surface area contributed by atoms with Gasteiger partial charge >= 0.3 is 5.97 Å². The standard InChI is InChI=1S/C15H28O3/c1-13(2,3)11(14(4,5)6)12(16)18-15(7)8-9-17-10-15/h11H,8-10H2,1-7H3. The van der Waals surface area contributed by atoms with Gasteiger partial charge in [0.05, 0.1) is 19.1 Å². The number of carbonyl (C=O) groups excluding carboxylic acids is 1. The molecule has 106 valence electrons. The van der Waals surface area contributed by atoms with Crippen LogP contribution in [-0.2, 0) is 14.3 Å². The van der Waals surface area contributed by atoms with Crippen LogP contribution in [0.1, 0.15) is 54.9 Å². The van der Waals surface area contributed by atoms with Crippen molar-refractivity contribution in [3.05, 3.63) is 0 Å². The van der Waals surface area contributed by atoms with E-state index in [9.17, 15) is 4.79 Å². The second-order valence-corrected chi connectivity index (χ2v) is 7.84. The Morgan fingerprint density at radius 3 is 2.00 bits per heavy atom. The summed E-state index contributed by atoms with van der Waals surface area (Å²) >= 11 is 0. The average molecular weight is 256 g/mol. The van der Waals surface area contributed by atoms with Crippen molar-refractivity contribution in [2.24, 2.45) is 16.7 Å². The lowest BCUT2D eigenvalue weighted by molar-refractivity contribution is -0.172. The molecule has 0 radical (unpaired) electrons. The number of hydrogen-bond donors (Lipinski definition) is 0. The molecule has 0 aliphatic carbocycles. The van der Waals surface area contributed by atoms with Gasteiger partial charge in [-0.05, 0) is 17.8 Å². The molecule has 0 spiro atoms. The lowest BCUT2D eigenvalue weighted by Crippen LogP contribution is -2.44. The third kappa shape index (κ3) is 3.71. The van der Waals surface area contributed by atoms with Crippen LogP contribution in [0.15, 0.2) is 0 Å². The van der Waals surface area contributed by atoms with Gasteiger partial charge < -0.3 is 9.47 Å². The normalized spacial score (nSPS) is 25.6. The summed E-state index contributed by atoms with van der Waals surface area (Å²) in [5, 5.41) is 0. The van der Waals surface area contributed by atoms with Crippen molar-refractivity contribution in [1.29, 1.82) is 0 Å². The molecule has 0 aromatic carbocycles. The highest BCUT2D eigenvalue weighted by molar-refractivity contribution is 5.74. The molecule has 1 saturated heterocycles. The molecule has 1 unspecified atom stereocenters. The van der Waals surface area contributed by atoms with Crippen LogP contribution in [0, 0.1) is 16.7 Å². The molecular weight excluding hydrogens is 228 g/mol. The minimum absolute atomic E-state index is 0.0944. The zero-order valence-electron chi connectivity index (χ0n) is 12.9. The van der Waals surface area contributed by atoms with Crippen LogP contribution in [-0.4, -0.2) is 24.8 Å². The second-order valence-electron chi connectivity index (χ2n) is 7.84. The summed E-state index contributed by atoms with van der Waals surface area (Å²) in [6.07, 6.45) is 0.791. The highest BCUT2D eigenvalue weighted by atomic mass is 16.6. The summed E-state index contributed by atoms with van der Waals surface area (Å²) in [5.74, 6) is -0.217. The maximum Gasteiger partial charge on any atom is 0.310 e. The number of esters is 1. The third-order valence-electron chi connectivity index (χ3n) is 3.50. The van der Waals surface area contributed by atoms with E-state index in [1.54, 1.807) is 0 Å². The molecule has 0 bridgehead atoms. The first-order chi connectivity index (χ1) is 7.96. The van der Waals surface area contributed by atoms with Crippen LogP contribution >= 0.6 is 0 Å². The molecule has 1 heterocycles. The van der Waals surface area contributed by atoms with E-state index in [0.717, 1.165) is 6.42 Å². The van der Waals surface area contributed by atoms with Gasteiger partial charge in [-0.2, -0.15) is 0 Å². The zero-order valence-corrected chi connectivity index (χ0v) is 12.9. The van der Waals surface area contributed by atoms with Crippen LogP contribution < -0.4 is 0 Å². The Labute approximate surface area is 111 Å². The van der Waals surface area contributed by atoms with Gasteiger partial charge in [-0.15, -0.1) is 0 Å². The first-order valence-corrected chi connectivity index (χ1v) is 6.76. The molecule has 3 heteroatoms. The maximum absolute atomic E-state index is 12.5. The Morgan fingerprint density at radius 2 is 1.67 bits per heavy atom. The molecule has 0 saturated carbocycles. The fourth-order valence-electron chi connectivity index (χ4n) is 3.04. The van der Waals surface area contributed by atoms with Crippen molar-refractivity contribution in [2.45, 2.75) is 60.5 Å². The Hall–Kier alpha value is -0.570. The molecule has 1 atom stereocenters. The Balaban J connectivity index is 2.84. The number of ether oxygens (including phenoxy) is 2. The molecule has 0 amide bonds. The molecule has 0 N–H and O–H groups in total. The van der Waals surface area contributed by atoms with E-state index in [-0.39, 0.29) is 22.7 Å². The second kappa shape index (κ2) is 4.84. The summed E-state index contributed by atoms with van der Waals surface area (Å²) in [4.78, 5) is 12.5. The quantitative estimate of drug-likeness (QED) is 0.710. The topological polar surface area (TPSA) is 35.5 Å². The molecule has 1 rings (SSSR count). The molecule has 1 aliphatic rings. The molecule has 3 nitrogen and oxygen atoms in total. The van der Waals surface area contributed by atoms with Crippen LogP contribution in [0.25, 0.3) is 0 Å². The number of rotatable bonds is 2. The van der Waals surface area contributed by atoms with Gasteiger partial charge in [0.2, 0.25) is 0 Å². The fraction of sp³-hybridized carbons (Fsp3) is 0.933. The molecule has 0 aromatic heterocycles. The summed E-state index contributed by atoms with van der Waals surface area (Å²) in [5.41, 5.74) is -0.651. The minimum atomic E-state index is -0.439. The van der Waals surface area contributed by atoms with Gasteiger partial charge in [-0.1, -0.05) is 41.5 Å². The lowest BCUT2D eigenvalue weighted by Gasteiger charge is -2.40. The highest BCUT2D eigenvalue weighted by Crippen LogP contribution is 2.41. The largest absolute Gasteiger partial charge is 0.457 e. The molecule has 1 fully saturated rings. The summed E-state index contributed by atoms with van der Waals surface area (Å²) in [7, 11) is 0. The molecule has 18 heavy (non-hydrogen) atoms. The van der Waals surface area contributed by atoms with Crippen molar-refractivity contribution in [3.8, 4) is 0 Å². The Morgan fingerprint density at radius 1 is 1.17 bits per heavy atom. The van der Waals surface area contributed by atoms with E-state index in [1.807, 2.05) is 6.92 Å². The lowest BCUT2D eigenvalue weighted by atomic mass is 9.66. The Kier molecular flexibility index (Phi) is 4.16. The van der Waals surface area contributed by atoms with Crippen LogP contribution in [0.4, 0.5) is 0 Å². The molecular formula is C15H28O3. The van der Waals surface area contributed by atoms with Crippen molar-refractivity contribution >= 4 is 5.97 Å². The monoisotopic (exact) mass is 256 g/mol. The van der Waals surface area contributed by atoms with E-state index in [2.05, 4.69) is 41.5 Å².